The third-order valence-electron chi connectivity index (χ3n) is 6.98. The van der Waals surface area contributed by atoms with Crippen LogP contribution in [0.1, 0.15) is 99.5 Å². The predicted molar refractivity (Wildman–Crippen MR) is 111 cm³/mol. The molecule has 3 fully saturated rings. The van der Waals surface area contributed by atoms with Crippen LogP contribution in [-0.2, 0) is 0 Å². The van der Waals surface area contributed by atoms with Gasteiger partial charge in [0.2, 0.25) is 0 Å². The van der Waals surface area contributed by atoms with E-state index in [0.29, 0.717) is 24.0 Å². The van der Waals surface area contributed by atoms with E-state index in [4.69, 9.17) is 4.98 Å². The average Bonchev–Trinajstić information content (AvgIpc) is 3.42. The minimum Gasteiger partial charge on any atom is -0.331 e. The van der Waals surface area contributed by atoms with Crippen LogP contribution >= 0.6 is 11.3 Å². The van der Waals surface area contributed by atoms with Gasteiger partial charge >= 0.3 is 0 Å². The molecule has 0 spiro atoms. The fourth-order valence-electron chi connectivity index (χ4n) is 4.89. The Bertz CT molecular complexity index is 627. The van der Waals surface area contributed by atoms with E-state index in [9.17, 15) is 4.79 Å². The van der Waals surface area contributed by atoms with Crippen molar-refractivity contribution in [2.24, 2.45) is 0 Å². The van der Waals surface area contributed by atoms with Crippen molar-refractivity contribution in [2.45, 2.75) is 102 Å². The quantitative estimate of drug-likeness (QED) is 0.682. The van der Waals surface area contributed by atoms with Gasteiger partial charge in [-0.1, -0.05) is 26.2 Å². The summed E-state index contributed by atoms with van der Waals surface area (Å²) >= 11 is 1.72. The summed E-state index contributed by atoms with van der Waals surface area (Å²) in [5.41, 5.74) is 0.719. The van der Waals surface area contributed by atoms with Crippen molar-refractivity contribution in [1.82, 2.24) is 14.8 Å². The van der Waals surface area contributed by atoms with Crippen molar-refractivity contribution in [3.63, 3.8) is 0 Å². The van der Waals surface area contributed by atoms with Gasteiger partial charge < -0.3 is 9.80 Å². The average molecular weight is 390 g/mol. The first kappa shape index (κ1) is 19.4. The fraction of sp³-hybridized carbons (Fsp3) is 0.818. The van der Waals surface area contributed by atoms with Crippen LogP contribution in [0, 0.1) is 0 Å². The minimum absolute atomic E-state index is 0.212. The number of amides is 1. The van der Waals surface area contributed by atoms with Crippen molar-refractivity contribution in [3.8, 4) is 0 Å². The molecular weight excluding hydrogens is 354 g/mol. The number of aromatic nitrogens is 1. The third-order valence-corrected chi connectivity index (χ3v) is 7.98. The number of carbonyl (C=O) groups excluding carboxylic acids is 1. The minimum atomic E-state index is 0.212. The molecule has 4 rings (SSSR count). The number of hydrogen-bond donors (Lipinski definition) is 0. The molecule has 0 bridgehead atoms. The monoisotopic (exact) mass is 389 g/mol. The first-order valence-electron chi connectivity index (χ1n) is 11.2. The molecule has 1 unspecified atom stereocenters. The van der Waals surface area contributed by atoms with Gasteiger partial charge in [-0.2, -0.15) is 0 Å². The van der Waals surface area contributed by atoms with Crippen LogP contribution in [0.2, 0.25) is 0 Å². The Hall–Kier alpha value is -0.940. The molecule has 1 atom stereocenters. The number of likely N-dealkylation sites (tertiary alicyclic amines) is 1. The summed E-state index contributed by atoms with van der Waals surface area (Å²) in [6.07, 6.45) is 12.2. The van der Waals surface area contributed by atoms with Gasteiger partial charge in [0.15, 0.2) is 0 Å². The summed E-state index contributed by atoms with van der Waals surface area (Å²) in [6.45, 7) is 6.93. The molecule has 2 aliphatic carbocycles. The lowest BCUT2D eigenvalue weighted by Gasteiger charge is -2.35. The van der Waals surface area contributed by atoms with Crippen molar-refractivity contribution < 1.29 is 4.79 Å². The molecular formula is C22H35N3OS. The molecule has 4 nitrogen and oxygen atoms in total. The molecule has 0 aromatic carbocycles. The van der Waals surface area contributed by atoms with E-state index in [0.717, 1.165) is 5.69 Å². The molecule has 150 valence electrons. The summed E-state index contributed by atoms with van der Waals surface area (Å²) in [6, 6.07) is 1.63. The summed E-state index contributed by atoms with van der Waals surface area (Å²) in [7, 11) is 0. The predicted octanol–water partition coefficient (Wildman–Crippen LogP) is 5.06. The highest BCUT2D eigenvalue weighted by atomic mass is 32.1. The fourth-order valence-corrected chi connectivity index (χ4v) is 5.86. The molecule has 2 heterocycles. The molecule has 2 saturated carbocycles. The van der Waals surface area contributed by atoms with E-state index in [1.165, 1.54) is 82.3 Å². The molecule has 1 amide bonds. The lowest BCUT2D eigenvalue weighted by molar-refractivity contribution is 0.0608. The molecule has 0 N–H and O–H groups in total. The smallest absolute Gasteiger partial charge is 0.273 e. The maximum absolute atomic E-state index is 13.3. The second-order valence-electron chi connectivity index (χ2n) is 8.87. The molecule has 3 aliphatic rings. The largest absolute Gasteiger partial charge is 0.331 e. The zero-order chi connectivity index (χ0) is 18.8. The Morgan fingerprint density at radius 3 is 2.44 bits per heavy atom. The molecule has 5 heteroatoms. The van der Waals surface area contributed by atoms with Crippen LogP contribution in [-0.4, -0.2) is 51.9 Å². The highest BCUT2D eigenvalue weighted by Gasteiger charge is 2.39. The van der Waals surface area contributed by atoms with E-state index >= 15 is 0 Å². The Morgan fingerprint density at radius 1 is 1.15 bits per heavy atom. The number of nitrogens with zero attached hydrogens (tertiary/aromatic N) is 3. The number of thiazole rings is 1. The SMILES string of the molecule is CCC(C)N1CCC(c2nc(C(=O)N(C3CCCCC3)C3CC3)cs2)CC1. The van der Waals surface area contributed by atoms with Crippen LogP contribution < -0.4 is 0 Å². The molecule has 0 radical (unpaired) electrons. The van der Waals surface area contributed by atoms with Gasteiger partial charge in [0, 0.05) is 29.4 Å². The zero-order valence-electron chi connectivity index (χ0n) is 17.0. The first-order valence-corrected chi connectivity index (χ1v) is 12.1. The maximum atomic E-state index is 13.3. The molecule has 1 aromatic rings. The first-order chi connectivity index (χ1) is 13.2. The molecule has 1 aromatic heterocycles. The highest BCUT2D eigenvalue weighted by molar-refractivity contribution is 7.09. The van der Waals surface area contributed by atoms with Gasteiger partial charge in [-0.3, -0.25) is 4.79 Å². The van der Waals surface area contributed by atoms with E-state index < -0.39 is 0 Å². The van der Waals surface area contributed by atoms with Gasteiger partial charge in [-0.05, 0) is 65.0 Å². The summed E-state index contributed by atoms with van der Waals surface area (Å²) in [5.74, 6) is 0.754. The van der Waals surface area contributed by atoms with Crippen molar-refractivity contribution in [2.75, 3.05) is 13.1 Å². The Balaban J connectivity index is 1.40. The van der Waals surface area contributed by atoms with Crippen LogP contribution in [0.25, 0.3) is 0 Å². The summed E-state index contributed by atoms with van der Waals surface area (Å²) in [5, 5.41) is 3.23. The normalized spacial score (nSPS) is 24.1. The standard InChI is InChI=1S/C22H35N3OS/c1-3-16(2)24-13-11-17(12-14-24)21-23-20(15-27-21)22(26)25(19-9-10-19)18-7-5-4-6-8-18/h15-19H,3-14H2,1-2H3. The number of hydrogen-bond acceptors (Lipinski definition) is 4. The van der Waals surface area contributed by atoms with E-state index in [1.54, 1.807) is 11.3 Å². The van der Waals surface area contributed by atoms with Crippen molar-refractivity contribution in [3.05, 3.63) is 16.1 Å². The van der Waals surface area contributed by atoms with Crippen molar-refractivity contribution >= 4 is 17.2 Å². The number of piperidine rings is 1. The topological polar surface area (TPSA) is 36.4 Å². The van der Waals surface area contributed by atoms with Crippen LogP contribution in [0.4, 0.5) is 0 Å². The lowest BCUT2D eigenvalue weighted by atomic mass is 9.94. The second kappa shape index (κ2) is 8.60. The van der Waals surface area contributed by atoms with E-state index in [1.807, 2.05) is 5.38 Å². The Kier molecular flexibility index (Phi) is 6.18. The van der Waals surface area contributed by atoms with Gasteiger partial charge in [0.1, 0.15) is 5.69 Å². The zero-order valence-corrected chi connectivity index (χ0v) is 17.8. The van der Waals surface area contributed by atoms with Gasteiger partial charge in [0.05, 0.1) is 5.01 Å². The number of carbonyl (C=O) groups is 1. The van der Waals surface area contributed by atoms with Crippen molar-refractivity contribution in [1.29, 1.82) is 0 Å². The maximum Gasteiger partial charge on any atom is 0.273 e. The lowest BCUT2D eigenvalue weighted by Crippen LogP contribution is -2.43. The van der Waals surface area contributed by atoms with Gasteiger partial charge in [-0.15, -0.1) is 11.3 Å². The summed E-state index contributed by atoms with van der Waals surface area (Å²) in [4.78, 5) is 23.0. The third kappa shape index (κ3) is 4.40. The van der Waals surface area contributed by atoms with E-state index in [-0.39, 0.29) is 5.91 Å². The molecule has 1 aliphatic heterocycles. The summed E-state index contributed by atoms with van der Waals surface area (Å²) < 4.78 is 0. The highest BCUT2D eigenvalue weighted by Crippen LogP contribution is 2.36. The number of rotatable bonds is 6. The molecule has 27 heavy (non-hydrogen) atoms. The van der Waals surface area contributed by atoms with Crippen LogP contribution in [0.15, 0.2) is 5.38 Å². The Morgan fingerprint density at radius 2 is 1.81 bits per heavy atom. The van der Waals surface area contributed by atoms with Crippen LogP contribution in [0.5, 0.6) is 0 Å². The van der Waals surface area contributed by atoms with Gasteiger partial charge in [-0.25, -0.2) is 4.98 Å². The van der Waals surface area contributed by atoms with Crippen LogP contribution in [0.3, 0.4) is 0 Å². The second-order valence-corrected chi connectivity index (χ2v) is 9.76. The van der Waals surface area contributed by atoms with Gasteiger partial charge in [0.25, 0.3) is 5.91 Å². The Labute approximate surface area is 168 Å². The molecule has 1 saturated heterocycles. The van der Waals surface area contributed by atoms with E-state index in [2.05, 4.69) is 23.6 Å².